The highest BCUT2D eigenvalue weighted by Gasteiger charge is 2.33. The molecular formula is C16H26N2O2S. The first kappa shape index (κ1) is 16.5. The minimum absolute atomic E-state index is 0.0614. The SMILES string of the molecule is CNC(C)c1ccc(S(=O)(=O)N2CCCC(C)(C)C2)cc1. The molecule has 0 radical (unpaired) electrons. The van der Waals surface area contributed by atoms with E-state index in [1.807, 2.05) is 19.2 Å². The summed E-state index contributed by atoms with van der Waals surface area (Å²) in [7, 11) is -1.48. The molecule has 1 N–H and O–H groups in total. The van der Waals surface area contributed by atoms with Crippen LogP contribution < -0.4 is 5.32 Å². The van der Waals surface area contributed by atoms with Crippen molar-refractivity contribution in [3.8, 4) is 0 Å². The summed E-state index contributed by atoms with van der Waals surface area (Å²) in [5, 5.41) is 3.15. The van der Waals surface area contributed by atoms with Gasteiger partial charge in [-0.2, -0.15) is 4.31 Å². The van der Waals surface area contributed by atoms with Gasteiger partial charge < -0.3 is 5.32 Å². The topological polar surface area (TPSA) is 49.4 Å². The summed E-state index contributed by atoms with van der Waals surface area (Å²) in [5.74, 6) is 0. The third-order valence-electron chi connectivity index (χ3n) is 4.32. The summed E-state index contributed by atoms with van der Waals surface area (Å²) < 4.78 is 27.1. The number of hydrogen-bond acceptors (Lipinski definition) is 3. The van der Waals surface area contributed by atoms with Crippen LogP contribution in [0.2, 0.25) is 0 Å². The largest absolute Gasteiger partial charge is 0.313 e. The van der Waals surface area contributed by atoms with E-state index in [0.717, 1.165) is 18.4 Å². The molecular weight excluding hydrogens is 284 g/mol. The summed E-state index contributed by atoms with van der Waals surface area (Å²) >= 11 is 0. The highest BCUT2D eigenvalue weighted by atomic mass is 32.2. The van der Waals surface area contributed by atoms with E-state index in [1.54, 1.807) is 16.4 Å². The smallest absolute Gasteiger partial charge is 0.243 e. The second-order valence-electron chi connectivity index (χ2n) is 6.69. The van der Waals surface area contributed by atoms with Gasteiger partial charge in [0, 0.05) is 19.1 Å². The van der Waals surface area contributed by atoms with Crippen LogP contribution in [0.3, 0.4) is 0 Å². The predicted molar refractivity (Wildman–Crippen MR) is 85.7 cm³/mol. The molecule has 1 unspecified atom stereocenters. The minimum Gasteiger partial charge on any atom is -0.313 e. The van der Waals surface area contributed by atoms with Crippen LogP contribution in [0.4, 0.5) is 0 Å². The number of sulfonamides is 1. The van der Waals surface area contributed by atoms with Gasteiger partial charge in [0.1, 0.15) is 0 Å². The Balaban J connectivity index is 2.23. The van der Waals surface area contributed by atoms with E-state index in [2.05, 4.69) is 26.1 Å². The van der Waals surface area contributed by atoms with Crippen LogP contribution in [0.1, 0.15) is 45.2 Å². The molecule has 4 nitrogen and oxygen atoms in total. The van der Waals surface area contributed by atoms with Gasteiger partial charge >= 0.3 is 0 Å². The van der Waals surface area contributed by atoms with Crippen molar-refractivity contribution < 1.29 is 8.42 Å². The van der Waals surface area contributed by atoms with E-state index in [4.69, 9.17) is 0 Å². The number of hydrogen-bond donors (Lipinski definition) is 1. The second kappa shape index (κ2) is 6.07. The van der Waals surface area contributed by atoms with E-state index < -0.39 is 10.0 Å². The molecule has 1 aromatic carbocycles. The lowest BCUT2D eigenvalue weighted by Gasteiger charge is -2.37. The zero-order chi connectivity index (χ0) is 15.7. The van der Waals surface area contributed by atoms with Gasteiger partial charge in [-0.05, 0) is 49.9 Å². The molecule has 1 aromatic rings. The van der Waals surface area contributed by atoms with Crippen molar-refractivity contribution in [3.05, 3.63) is 29.8 Å². The molecule has 21 heavy (non-hydrogen) atoms. The Hall–Kier alpha value is -0.910. The Bertz CT molecular complexity index is 579. The maximum Gasteiger partial charge on any atom is 0.243 e. The predicted octanol–water partition coefficient (Wildman–Crippen LogP) is 2.78. The Labute approximate surface area is 128 Å². The molecule has 1 aliphatic heterocycles. The van der Waals surface area contributed by atoms with Crippen LogP contribution in [0.5, 0.6) is 0 Å². The van der Waals surface area contributed by atoms with Crippen molar-refractivity contribution in [3.63, 3.8) is 0 Å². The average molecular weight is 310 g/mol. The lowest BCUT2D eigenvalue weighted by Crippen LogP contribution is -2.43. The molecule has 2 rings (SSSR count). The first-order valence-electron chi connectivity index (χ1n) is 7.54. The lowest BCUT2D eigenvalue weighted by molar-refractivity contribution is 0.187. The zero-order valence-electron chi connectivity index (χ0n) is 13.4. The van der Waals surface area contributed by atoms with Crippen molar-refractivity contribution in [1.82, 2.24) is 9.62 Å². The van der Waals surface area contributed by atoms with E-state index in [0.29, 0.717) is 18.0 Å². The summed E-state index contributed by atoms with van der Waals surface area (Å²) in [5.41, 5.74) is 1.15. The van der Waals surface area contributed by atoms with Crippen molar-refractivity contribution in [1.29, 1.82) is 0 Å². The van der Waals surface area contributed by atoms with Crippen LogP contribution >= 0.6 is 0 Å². The van der Waals surface area contributed by atoms with Crippen LogP contribution in [-0.2, 0) is 10.0 Å². The van der Waals surface area contributed by atoms with Gasteiger partial charge in [-0.3, -0.25) is 0 Å². The molecule has 0 bridgehead atoms. The van der Waals surface area contributed by atoms with E-state index >= 15 is 0 Å². The summed E-state index contributed by atoms with van der Waals surface area (Å²) in [6, 6.07) is 7.45. The fourth-order valence-electron chi connectivity index (χ4n) is 2.82. The Morgan fingerprint density at radius 3 is 2.38 bits per heavy atom. The fourth-order valence-corrected chi connectivity index (χ4v) is 4.49. The van der Waals surface area contributed by atoms with Crippen molar-refractivity contribution in [2.45, 2.75) is 44.6 Å². The molecule has 1 atom stereocenters. The Morgan fingerprint density at radius 2 is 1.86 bits per heavy atom. The van der Waals surface area contributed by atoms with Gasteiger partial charge in [0.05, 0.1) is 4.90 Å². The number of benzene rings is 1. The fraction of sp³-hybridized carbons (Fsp3) is 0.625. The molecule has 0 saturated carbocycles. The summed E-state index contributed by atoms with van der Waals surface area (Å²) in [6.45, 7) is 7.54. The van der Waals surface area contributed by atoms with Crippen LogP contribution in [0.15, 0.2) is 29.2 Å². The molecule has 0 amide bonds. The maximum atomic E-state index is 12.7. The summed E-state index contributed by atoms with van der Waals surface area (Å²) in [4.78, 5) is 0.396. The first-order chi connectivity index (χ1) is 9.76. The van der Waals surface area contributed by atoms with Crippen LogP contribution in [-0.4, -0.2) is 32.9 Å². The molecule has 0 aliphatic carbocycles. The highest BCUT2D eigenvalue weighted by Crippen LogP contribution is 2.32. The Morgan fingerprint density at radius 1 is 1.24 bits per heavy atom. The minimum atomic E-state index is -3.37. The monoisotopic (exact) mass is 310 g/mol. The van der Waals surface area contributed by atoms with E-state index in [-0.39, 0.29) is 11.5 Å². The van der Waals surface area contributed by atoms with Crippen LogP contribution in [0.25, 0.3) is 0 Å². The number of nitrogens with one attached hydrogen (secondary N) is 1. The summed E-state index contributed by atoms with van der Waals surface area (Å²) in [6.07, 6.45) is 2.01. The quantitative estimate of drug-likeness (QED) is 0.930. The third-order valence-corrected chi connectivity index (χ3v) is 6.18. The van der Waals surface area contributed by atoms with Gasteiger partial charge in [-0.25, -0.2) is 8.42 Å². The standard InChI is InChI=1S/C16H26N2O2S/c1-13(17-4)14-6-8-15(9-7-14)21(19,20)18-11-5-10-16(2,3)12-18/h6-9,13,17H,5,10-12H2,1-4H3. The van der Waals surface area contributed by atoms with Crippen molar-refractivity contribution in [2.24, 2.45) is 5.41 Å². The maximum absolute atomic E-state index is 12.7. The molecule has 1 saturated heterocycles. The molecule has 0 aromatic heterocycles. The molecule has 1 aliphatic rings. The van der Waals surface area contributed by atoms with E-state index in [1.165, 1.54) is 0 Å². The van der Waals surface area contributed by atoms with Crippen molar-refractivity contribution in [2.75, 3.05) is 20.1 Å². The van der Waals surface area contributed by atoms with Crippen LogP contribution in [0, 0.1) is 5.41 Å². The number of piperidine rings is 1. The first-order valence-corrected chi connectivity index (χ1v) is 8.98. The molecule has 118 valence electrons. The molecule has 0 spiro atoms. The molecule has 1 heterocycles. The average Bonchev–Trinajstić information content (AvgIpc) is 2.45. The lowest BCUT2D eigenvalue weighted by atomic mass is 9.85. The molecule has 1 fully saturated rings. The van der Waals surface area contributed by atoms with Gasteiger partial charge in [0.2, 0.25) is 10.0 Å². The third kappa shape index (κ3) is 3.65. The van der Waals surface area contributed by atoms with Crippen molar-refractivity contribution >= 4 is 10.0 Å². The van der Waals surface area contributed by atoms with Gasteiger partial charge in [-0.15, -0.1) is 0 Å². The molecule has 5 heteroatoms. The zero-order valence-corrected chi connectivity index (χ0v) is 14.2. The number of nitrogens with zero attached hydrogens (tertiary/aromatic N) is 1. The van der Waals surface area contributed by atoms with Gasteiger partial charge in [0.25, 0.3) is 0 Å². The normalized spacial score (nSPS) is 21.1. The van der Waals surface area contributed by atoms with E-state index in [9.17, 15) is 8.42 Å². The van der Waals surface area contributed by atoms with Gasteiger partial charge in [0.15, 0.2) is 0 Å². The highest BCUT2D eigenvalue weighted by molar-refractivity contribution is 7.89. The Kier molecular flexibility index (Phi) is 4.76. The second-order valence-corrected chi connectivity index (χ2v) is 8.62. The number of rotatable bonds is 4. The van der Waals surface area contributed by atoms with Gasteiger partial charge in [-0.1, -0.05) is 26.0 Å².